The fourth-order valence-electron chi connectivity index (χ4n) is 2.68. The molecule has 1 fully saturated rings. The van der Waals surface area contributed by atoms with Crippen LogP contribution in [0, 0.1) is 0 Å². The molecule has 3 heteroatoms. The van der Waals surface area contributed by atoms with E-state index in [0.717, 1.165) is 31.0 Å². The van der Waals surface area contributed by atoms with Crippen molar-refractivity contribution in [3.8, 4) is 0 Å². The summed E-state index contributed by atoms with van der Waals surface area (Å²) in [6.07, 6.45) is 5.17. The summed E-state index contributed by atoms with van der Waals surface area (Å²) in [6, 6.07) is 8.17. The molecule has 1 saturated heterocycles. The smallest absolute Gasteiger partial charge is 0.0576 e. The molecule has 2 rings (SSSR count). The third-order valence-electron chi connectivity index (χ3n) is 3.66. The average Bonchev–Trinajstić information content (AvgIpc) is 2.88. The number of halogens is 1. The Kier molecular flexibility index (Phi) is 5.48. The molecule has 0 radical (unpaired) electrons. The molecule has 0 saturated carbocycles. The van der Waals surface area contributed by atoms with Gasteiger partial charge in [0.05, 0.1) is 6.10 Å². The number of hydrogen-bond donors (Lipinski definition) is 1. The topological polar surface area (TPSA) is 21.3 Å². The van der Waals surface area contributed by atoms with Gasteiger partial charge in [0.1, 0.15) is 0 Å². The highest BCUT2D eigenvalue weighted by atomic mass is 35.5. The van der Waals surface area contributed by atoms with Crippen LogP contribution in [-0.4, -0.2) is 26.3 Å². The second-order valence-electron chi connectivity index (χ2n) is 4.99. The van der Waals surface area contributed by atoms with E-state index >= 15 is 0 Å². The summed E-state index contributed by atoms with van der Waals surface area (Å²) in [4.78, 5) is 0. The number of likely N-dealkylation sites (N-methyl/N-ethyl adjacent to an activating group) is 1. The summed E-state index contributed by atoms with van der Waals surface area (Å²) in [5.74, 6) is 0.480. The van der Waals surface area contributed by atoms with Gasteiger partial charge in [-0.25, -0.2) is 0 Å². The Hall–Kier alpha value is -0.570. The van der Waals surface area contributed by atoms with Crippen molar-refractivity contribution in [2.45, 2.75) is 37.7 Å². The van der Waals surface area contributed by atoms with Crippen LogP contribution < -0.4 is 5.32 Å². The number of rotatable bonds is 6. The highest BCUT2D eigenvalue weighted by Crippen LogP contribution is 2.29. The van der Waals surface area contributed by atoms with E-state index in [9.17, 15) is 0 Å². The largest absolute Gasteiger partial charge is 0.378 e. The van der Waals surface area contributed by atoms with Crippen LogP contribution in [0.25, 0.3) is 0 Å². The molecule has 0 aliphatic carbocycles. The fraction of sp³-hybridized carbons (Fsp3) is 0.600. The fourth-order valence-corrected chi connectivity index (χ4v) is 2.97. The molecule has 100 valence electrons. The average molecular weight is 268 g/mol. The number of ether oxygens (including phenoxy) is 1. The van der Waals surface area contributed by atoms with Crippen LogP contribution in [0.5, 0.6) is 0 Å². The van der Waals surface area contributed by atoms with Crippen molar-refractivity contribution in [1.29, 1.82) is 0 Å². The molecule has 1 aromatic rings. The van der Waals surface area contributed by atoms with Gasteiger partial charge < -0.3 is 10.1 Å². The van der Waals surface area contributed by atoms with Gasteiger partial charge in [-0.3, -0.25) is 0 Å². The van der Waals surface area contributed by atoms with Gasteiger partial charge in [-0.05, 0) is 50.3 Å². The summed E-state index contributed by atoms with van der Waals surface area (Å²) in [5, 5.41) is 4.15. The maximum Gasteiger partial charge on any atom is 0.0576 e. The van der Waals surface area contributed by atoms with Gasteiger partial charge in [-0.15, -0.1) is 0 Å². The van der Waals surface area contributed by atoms with Crippen LogP contribution in [0.2, 0.25) is 5.02 Å². The number of hydrogen-bond acceptors (Lipinski definition) is 2. The molecule has 1 aliphatic rings. The first-order chi connectivity index (χ1) is 8.81. The number of nitrogens with one attached hydrogen (secondary N) is 1. The van der Waals surface area contributed by atoms with Gasteiger partial charge >= 0.3 is 0 Å². The summed E-state index contributed by atoms with van der Waals surface area (Å²) in [6.45, 7) is 1.91. The van der Waals surface area contributed by atoms with Crippen LogP contribution in [0.1, 0.15) is 37.2 Å². The van der Waals surface area contributed by atoms with Crippen LogP contribution in [-0.2, 0) is 4.74 Å². The third-order valence-corrected chi connectivity index (χ3v) is 4.00. The quantitative estimate of drug-likeness (QED) is 0.850. The molecule has 1 heterocycles. The van der Waals surface area contributed by atoms with Crippen molar-refractivity contribution < 1.29 is 4.74 Å². The molecule has 0 bridgehead atoms. The monoisotopic (exact) mass is 267 g/mol. The van der Waals surface area contributed by atoms with E-state index < -0.39 is 0 Å². The Morgan fingerprint density at radius 1 is 1.44 bits per heavy atom. The maximum atomic E-state index is 6.29. The number of benzene rings is 1. The summed E-state index contributed by atoms with van der Waals surface area (Å²) in [5.41, 5.74) is 1.26. The predicted molar refractivity (Wildman–Crippen MR) is 76.3 cm³/mol. The molecule has 1 N–H and O–H groups in total. The summed E-state index contributed by atoms with van der Waals surface area (Å²) in [7, 11) is 2.00. The third kappa shape index (κ3) is 3.71. The van der Waals surface area contributed by atoms with E-state index in [2.05, 4.69) is 17.4 Å². The highest BCUT2D eigenvalue weighted by Gasteiger charge is 2.19. The summed E-state index contributed by atoms with van der Waals surface area (Å²) >= 11 is 6.29. The van der Waals surface area contributed by atoms with E-state index in [-0.39, 0.29) is 0 Å². The molecular formula is C15H22ClNO. The molecule has 0 amide bonds. The van der Waals surface area contributed by atoms with Gasteiger partial charge in [-0.1, -0.05) is 29.8 Å². The molecule has 0 spiro atoms. The van der Waals surface area contributed by atoms with Crippen molar-refractivity contribution in [3.63, 3.8) is 0 Å². The first-order valence-corrected chi connectivity index (χ1v) is 7.19. The van der Waals surface area contributed by atoms with Gasteiger partial charge in [0.15, 0.2) is 0 Å². The first kappa shape index (κ1) is 13.9. The lowest BCUT2D eigenvalue weighted by Gasteiger charge is -2.20. The zero-order chi connectivity index (χ0) is 12.8. The van der Waals surface area contributed by atoms with Crippen LogP contribution in [0.4, 0.5) is 0 Å². The highest BCUT2D eigenvalue weighted by molar-refractivity contribution is 6.31. The normalized spacial score (nSPS) is 21.1. The molecule has 1 aliphatic heterocycles. The Bertz CT molecular complexity index is 363. The molecule has 2 unspecified atom stereocenters. The van der Waals surface area contributed by atoms with Crippen molar-refractivity contribution in [1.82, 2.24) is 5.32 Å². The minimum absolute atomic E-state index is 0.465. The standard InChI is InChI=1S/C15H22ClNO/c1-17-11-12(8-9-13-5-4-10-18-13)14-6-2-3-7-15(14)16/h2-3,6-7,12-13,17H,4-5,8-11H2,1H3. The Morgan fingerprint density at radius 3 is 2.94 bits per heavy atom. The minimum atomic E-state index is 0.465. The van der Waals surface area contributed by atoms with E-state index in [1.165, 1.54) is 18.4 Å². The SMILES string of the molecule is CNCC(CCC1CCCO1)c1ccccc1Cl. The van der Waals surface area contributed by atoms with E-state index in [4.69, 9.17) is 16.3 Å². The lowest BCUT2D eigenvalue weighted by atomic mass is 9.92. The van der Waals surface area contributed by atoms with E-state index in [1.54, 1.807) is 0 Å². The molecule has 2 nitrogen and oxygen atoms in total. The molecule has 18 heavy (non-hydrogen) atoms. The Balaban J connectivity index is 1.96. The molecule has 0 aromatic heterocycles. The zero-order valence-electron chi connectivity index (χ0n) is 11.0. The molecule has 2 atom stereocenters. The summed E-state index contributed by atoms with van der Waals surface area (Å²) < 4.78 is 5.69. The van der Waals surface area contributed by atoms with Crippen LogP contribution >= 0.6 is 11.6 Å². The van der Waals surface area contributed by atoms with Gasteiger partial charge in [-0.2, -0.15) is 0 Å². The van der Waals surface area contributed by atoms with E-state index in [0.29, 0.717) is 12.0 Å². The molecular weight excluding hydrogens is 246 g/mol. The second-order valence-corrected chi connectivity index (χ2v) is 5.40. The second kappa shape index (κ2) is 7.13. The van der Waals surface area contributed by atoms with Crippen molar-refractivity contribution >= 4 is 11.6 Å². The maximum absolute atomic E-state index is 6.29. The Morgan fingerprint density at radius 2 is 2.28 bits per heavy atom. The lowest BCUT2D eigenvalue weighted by molar-refractivity contribution is 0.101. The molecule has 1 aromatic carbocycles. The lowest BCUT2D eigenvalue weighted by Crippen LogP contribution is -2.19. The van der Waals surface area contributed by atoms with Gasteiger partial charge in [0.25, 0.3) is 0 Å². The van der Waals surface area contributed by atoms with Crippen molar-refractivity contribution in [2.75, 3.05) is 20.2 Å². The van der Waals surface area contributed by atoms with E-state index in [1.807, 2.05) is 19.2 Å². The van der Waals surface area contributed by atoms with Crippen LogP contribution in [0.3, 0.4) is 0 Å². The Labute approximate surface area is 115 Å². The minimum Gasteiger partial charge on any atom is -0.378 e. The first-order valence-electron chi connectivity index (χ1n) is 6.82. The zero-order valence-corrected chi connectivity index (χ0v) is 11.7. The van der Waals surface area contributed by atoms with Crippen molar-refractivity contribution in [2.24, 2.45) is 0 Å². The predicted octanol–water partition coefficient (Wildman–Crippen LogP) is 3.60. The van der Waals surface area contributed by atoms with Crippen molar-refractivity contribution in [3.05, 3.63) is 34.9 Å². The van der Waals surface area contributed by atoms with Crippen LogP contribution in [0.15, 0.2) is 24.3 Å². The van der Waals surface area contributed by atoms with Gasteiger partial charge in [0, 0.05) is 18.2 Å². The van der Waals surface area contributed by atoms with Gasteiger partial charge in [0.2, 0.25) is 0 Å².